The largest absolute Gasteiger partial charge is 0.373 e. The van der Waals surface area contributed by atoms with Gasteiger partial charge in [-0.05, 0) is 49.3 Å². The molecule has 1 saturated heterocycles. The fourth-order valence-corrected chi connectivity index (χ4v) is 2.42. The van der Waals surface area contributed by atoms with Gasteiger partial charge in [0.05, 0.1) is 22.3 Å². The fourth-order valence-electron chi connectivity index (χ4n) is 1.99. The van der Waals surface area contributed by atoms with E-state index in [0.29, 0.717) is 16.2 Å². The van der Waals surface area contributed by atoms with Crippen LogP contribution in [0.5, 0.6) is 0 Å². The number of aryl methyl sites for hydroxylation is 1. The van der Waals surface area contributed by atoms with Crippen molar-refractivity contribution in [3.63, 3.8) is 0 Å². The Labute approximate surface area is 108 Å². The molecule has 2 atom stereocenters. The molecule has 2 heterocycles. The molecule has 1 aromatic rings. The Hall–Kier alpha value is -0.430. The average molecular weight is 334 g/mol. The van der Waals surface area contributed by atoms with Crippen LogP contribution in [0.2, 0.25) is 0 Å². The van der Waals surface area contributed by atoms with Crippen molar-refractivity contribution in [2.24, 2.45) is 0 Å². The molecule has 0 aromatic carbocycles. The van der Waals surface area contributed by atoms with Crippen LogP contribution in [0.25, 0.3) is 0 Å². The number of nitrogens with zero attached hydrogens (tertiary/aromatic N) is 2. The van der Waals surface area contributed by atoms with Gasteiger partial charge in [-0.25, -0.2) is 4.98 Å². The van der Waals surface area contributed by atoms with E-state index in [0.717, 1.165) is 18.7 Å². The molecule has 0 saturated carbocycles. The lowest BCUT2D eigenvalue weighted by atomic mass is 10.2. The van der Waals surface area contributed by atoms with Crippen LogP contribution < -0.4 is 5.56 Å². The van der Waals surface area contributed by atoms with Crippen LogP contribution in [-0.2, 0) is 11.3 Å². The number of hydrogen-bond acceptors (Lipinski definition) is 3. The van der Waals surface area contributed by atoms with Gasteiger partial charge in [0, 0.05) is 6.20 Å². The molecule has 1 aliphatic rings. The van der Waals surface area contributed by atoms with Crippen LogP contribution in [0.1, 0.15) is 25.6 Å². The third kappa shape index (κ3) is 2.45. The van der Waals surface area contributed by atoms with Crippen molar-refractivity contribution < 1.29 is 4.74 Å². The first-order chi connectivity index (χ1) is 7.58. The second-order valence-corrected chi connectivity index (χ2v) is 5.38. The van der Waals surface area contributed by atoms with Crippen molar-refractivity contribution in [2.45, 2.75) is 45.4 Å². The smallest absolute Gasteiger partial charge is 0.267 e. The van der Waals surface area contributed by atoms with E-state index in [1.807, 2.05) is 29.5 Å². The maximum atomic E-state index is 11.9. The normalized spacial score (nSPS) is 24.9. The van der Waals surface area contributed by atoms with Crippen LogP contribution in [0.4, 0.5) is 0 Å². The third-order valence-corrected chi connectivity index (χ3v) is 3.65. The van der Waals surface area contributed by atoms with Gasteiger partial charge in [0.2, 0.25) is 0 Å². The van der Waals surface area contributed by atoms with Gasteiger partial charge in [-0.15, -0.1) is 0 Å². The van der Waals surface area contributed by atoms with Gasteiger partial charge in [-0.1, -0.05) is 0 Å². The molecule has 88 valence electrons. The Bertz CT molecular complexity index is 444. The molecular formula is C11H15IN2O2. The summed E-state index contributed by atoms with van der Waals surface area (Å²) in [5.41, 5.74) is 0.0382. The van der Waals surface area contributed by atoms with Gasteiger partial charge in [-0.2, -0.15) is 0 Å². The molecular weight excluding hydrogens is 319 g/mol. The first-order valence-electron chi connectivity index (χ1n) is 5.45. The van der Waals surface area contributed by atoms with E-state index >= 15 is 0 Å². The molecule has 1 fully saturated rings. The predicted octanol–water partition coefficient (Wildman–Crippen LogP) is 1.72. The minimum absolute atomic E-state index is 0.0382. The summed E-state index contributed by atoms with van der Waals surface area (Å²) in [5.74, 6) is 0.758. The molecule has 5 heteroatoms. The molecule has 16 heavy (non-hydrogen) atoms. The lowest BCUT2D eigenvalue weighted by molar-refractivity contribution is 0.0446. The van der Waals surface area contributed by atoms with E-state index in [1.54, 1.807) is 10.8 Å². The SMILES string of the molecule is Cc1ncc(I)c(=O)n1CC1CCC(C)O1. The van der Waals surface area contributed by atoms with Crippen molar-refractivity contribution in [1.82, 2.24) is 9.55 Å². The van der Waals surface area contributed by atoms with Gasteiger partial charge < -0.3 is 4.74 Å². The molecule has 4 nitrogen and oxygen atoms in total. The highest BCUT2D eigenvalue weighted by molar-refractivity contribution is 14.1. The summed E-state index contributed by atoms with van der Waals surface area (Å²) in [4.78, 5) is 16.1. The van der Waals surface area contributed by atoms with Crippen LogP contribution in [0.15, 0.2) is 11.0 Å². The number of aromatic nitrogens is 2. The maximum absolute atomic E-state index is 11.9. The number of ether oxygens (including phenoxy) is 1. The highest BCUT2D eigenvalue weighted by atomic mass is 127. The topological polar surface area (TPSA) is 44.1 Å². The van der Waals surface area contributed by atoms with Crippen molar-refractivity contribution in [3.8, 4) is 0 Å². The molecule has 0 bridgehead atoms. The zero-order chi connectivity index (χ0) is 11.7. The van der Waals surface area contributed by atoms with Crippen molar-refractivity contribution in [1.29, 1.82) is 0 Å². The van der Waals surface area contributed by atoms with E-state index in [1.165, 1.54) is 0 Å². The first-order valence-corrected chi connectivity index (χ1v) is 6.53. The highest BCUT2D eigenvalue weighted by Gasteiger charge is 2.23. The Morgan fingerprint density at radius 3 is 3.00 bits per heavy atom. The van der Waals surface area contributed by atoms with Crippen LogP contribution >= 0.6 is 22.6 Å². The van der Waals surface area contributed by atoms with Crippen LogP contribution in [0.3, 0.4) is 0 Å². The lowest BCUT2D eigenvalue weighted by Crippen LogP contribution is -2.30. The first kappa shape index (κ1) is 12.0. The summed E-state index contributed by atoms with van der Waals surface area (Å²) in [6.45, 7) is 4.55. The molecule has 1 aromatic heterocycles. The molecule has 1 aliphatic heterocycles. The molecule has 0 amide bonds. The molecule has 0 aliphatic carbocycles. The van der Waals surface area contributed by atoms with E-state index in [2.05, 4.69) is 11.9 Å². The molecule has 2 unspecified atom stereocenters. The number of rotatable bonds is 2. The maximum Gasteiger partial charge on any atom is 0.267 e. The second kappa shape index (κ2) is 4.83. The summed E-state index contributed by atoms with van der Waals surface area (Å²) in [6.07, 6.45) is 4.20. The van der Waals surface area contributed by atoms with Crippen LogP contribution in [0, 0.1) is 10.5 Å². The van der Waals surface area contributed by atoms with E-state index in [-0.39, 0.29) is 11.7 Å². The zero-order valence-corrected chi connectivity index (χ0v) is 11.6. The van der Waals surface area contributed by atoms with Crippen molar-refractivity contribution >= 4 is 22.6 Å². The predicted molar refractivity (Wildman–Crippen MR) is 69.5 cm³/mol. The van der Waals surface area contributed by atoms with E-state index in [4.69, 9.17) is 4.74 Å². The van der Waals surface area contributed by atoms with Gasteiger partial charge in [0.15, 0.2) is 0 Å². The second-order valence-electron chi connectivity index (χ2n) is 4.22. The van der Waals surface area contributed by atoms with Crippen molar-refractivity contribution in [3.05, 3.63) is 25.9 Å². The fraction of sp³-hybridized carbons (Fsp3) is 0.636. The number of hydrogen-bond donors (Lipinski definition) is 0. The summed E-state index contributed by atoms with van der Waals surface area (Å²) in [5, 5.41) is 0. The highest BCUT2D eigenvalue weighted by Crippen LogP contribution is 2.20. The lowest BCUT2D eigenvalue weighted by Gasteiger charge is -2.14. The Balaban J connectivity index is 2.21. The molecule has 0 radical (unpaired) electrons. The van der Waals surface area contributed by atoms with Gasteiger partial charge in [-0.3, -0.25) is 9.36 Å². The Morgan fingerprint density at radius 1 is 1.62 bits per heavy atom. The minimum Gasteiger partial charge on any atom is -0.373 e. The Morgan fingerprint density at radius 2 is 2.38 bits per heavy atom. The van der Waals surface area contributed by atoms with Gasteiger partial charge in [0.1, 0.15) is 5.82 Å². The van der Waals surface area contributed by atoms with Gasteiger partial charge >= 0.3 is 0 Å². The molecule has 0 N–H and O–H groups in total. The summed E-state index contributed by atoms with van der Waals surface area (Å²) < 4.78 is 8.10. The minimum atomic E-state index is 0.0382. The average Bonchev–Trinajstić information content (AvgIpc) is 2.65. The van der Waals surface area contributed by atoms with Gasteiger partial charge in [0.25, 0.3) is 5.56 Å². The summed E-state index contributed by atoms with van der Waals surface area (Å²) in [6, 6.07) is 0. The van der Waals surface area contributed by atoms with E-state index < -0.39 is 0 Å². The monoisotopic (exact) mass is 334 g/mol. The van der Waals surface area contributed by atoms with E-state index in [9.17, 15) is 4.79 Å². The molecule has 0 spiro atoms. The zero-order valence-electron chi connectivity index (χ0n) is 9.44. The van der Waals surface area contributed by atoms with Crippen LogP contribution in [-0.4, -0.2) is 21.8 Å². The summed E-state index contributed by atoms with van der Waals surface area (Å²) in [7, 11) is 0. The third-order valence-electron chi connectivity index (χ3n) is 2.91. The molecule has 2 rings (SSSR count). The summed E-state index contributed by atoms with van der Waals surface area (Å²) >= 11 is 2.02. The quantitative estimate of drug-likeness (QED) is 0.774. The number of halogens is 1. The van der Waals surface area contributed by atoms with Crippen molar-refractivity contribution in [2.75, 3.05) is 0 Å². The standard InChI is InChI=1S/C11H15IN2O2/c1-7-3-4-9(16-7)6-14-8(2)13-5-10(12)11(14)15/h5,7,9H,3-4,6H2,1-2H3. The Kier molecular flexibility index (Phi) is 3.63.